The molecule has 0 radical (unpaired) electrons. The molecule has 0 aliphatic heterocycles. The minimum atomic E-state index is -4.11. The van der Waals surface area contributed by atoms with Gasteiger partial charge in [0.05, 0.1) is 17.7 Å². The summed E-state index contributed by atoms with van der Waals surface area (Å²) in [5.41, 5.74) is 0.623. The number of hydrogen-bond donors (Lipinski definition) is 1. The molecular weight excluding hydrogens is 474 g/mol. The number of anilines is 1. The van der Waals surface area contributed by atoms with Crippen molar-refractivity contribution >= 4 is 33.5 Å². The number of carbonyl (C=O) groups excluding carboxylic acids is 1. The molecule has 0 aromatic heterocycles. The number of nitrogens with zero attached hydrogens (tertiary/aromatic N) is 2. The molecule has 0 saturated heterocycles. The molecule has 1 N–H and O–H groups in total. The van der Waals surface area contributed by atoms with Crippen molar-refractivity contribution in [2.24, 2.45) is 0 Å². The van der Waals surface area contributed by atoms with Gasteiger partial charge in [0.2, 0.25) is 0 Å². The Kier molecular flexibility index (Phi) is 7.48. The third-order valence-corrected chi connectivity index (χ3v) is 6.02. The molecule has 0 unspecified atom stereocenters. The monoisotopic (exact) mass is 493 g/mol. The predicted octanol–water partition coefficient (Wildman–Crippen LogP) is 4.23. The van der Waals surface area contributed by atoms with E-state index in [4.69, 9.17) is 8.92 Å². The van der Waals surface area contributed by atoms with Crippen LogP contribution in [-0.4, -0.2) is 26.4 Å². The van der Waals surface area contributed by atoms with E-state index in [-0.39, 0.29) is 33.3 Å². The van der Waals surface area contributed by atoms with Crippen LogP contribution in [0.1, 0.15) is 11.1 Å². The lowest BCUT2D eigenvalue weighted by Crippen LogP contribution is -2.14. The number of ether oxygens (including phenoxy) is 1. The van der Waals surface area contributed by atoms with Crippen LogP contribution in [0.25, 0.3) is 6.08 Å². The van der Waals surface area contributed by atoms with Crippen LogP contribution in [0.15, 0.2) is 77.2 Å². The highest BCUT2D eigenvalue weighted by molar-refractivity contribution is 7.87. The van der Waals surface area contributed by atoms with Gasteiger partial charge < -0.3 is 14.2 Å². The summed E-state index contributed by atoms with van der Waals surface area (Å²) in [6.45, 7) is 1.65. The third-order valence-electron chi connectivity index (χ3n) is 4.78. The van der Waals surface area contributed by atoms with Gasteiger partial charge in [0.1, 0.15) is 16.5 Å². The fraction of sp³-hybridized carbons (Fsp3) is 0.0833. The summed E-state index contributed by atoms with van der Waals surface area (Å²) in [5.74, 6) is -0.795. The van der Waals surface area contributed by atoms with E-state index >= 15 is 0 Å². The first-order valence-corrected chi connectivity index (χ1v) is 11.4. The highest BCUT2D eigenvalue weighted by Gasteiger charge is 2.19. The number of aryl methyl sites for hydroxylation is 1. The number of benzene rings is 3. The highest BCUT2D eigenvalue weighted by atomic mass is 32.2. The molecule has 0 aliphatic carbocycles. The van der Waals surface area contributed by atoms with E-state index in [0.717, 1.165) is 0 Å². The summed E-state index contributed by atoms with van der Waals surface area (Å²) >= 11 is 0. The van der Waals surface area contributed by atoms with Gasteiger partial charge in [-0.1, -0.05) is 30.3 Å². The van der Waals surface area contributed by atoms with Crippen LogP contribution < -0.4 is 14.2 Å². The second-order valence-electron chi connectivity index (χ2n) is 7.14. The first-order chi connectivity index (χ1) is 16.6. The molecule has 35 heavy (non-hydrogen) atoms. The molecule has 1 amide bonds. The first-order valence-electron chi connectivity index (χ1n) is 10.0. The first kappa shape index (κ1) is 24.9. The Labute approximate surface area is 201 Å². The van der Waals surface area contributed by atoms with E-state index in [1.54, 1.807) is 31.2 Å². The van der Waals surface area contributed by atoms with Gasteiger partial charge in [-0.2, -0.15) is 13.7 Å². The van der Waals surface area contributed by atoms with E-state index in [1.165, 1.54) is 61.7 Å². The van der Waals surface area contributed by atoms with Crippen LogP contribution in [0, 0.1) is 28.4 Å². The molecule has 0 heterocycles. The summed E-state index contributed by atoms with van der Waals surface area (Å²) in [4.78, 5) is 23.0. The van der Waals surface area contributed by atoms with E-state index in [9.17, 15) is 28.6 Å². The number of carbonyl (C=O) groups is 1. The van der Waals surface area contributed by atoms with Crippen molar-refractivity contribution in [1.29, 1.82) is 5.26 Å². The lowest BCUT2D eigenvalue weighted by atomic mass is 10.1. The van der Waals surface area contributed by atoms with Crippen molar-refractivity contribution in [1.82, 2.24) is 0 Å². The van der Waals surface area contributed by atoms with Crippen molar-refractivity contribution in [2.75, 3.05) is 12.4 Å². The Balaban J connectivity index is 1.86. The van der Waals surface area contributed by atoms with Gasteiger partial charge in [0.15, 0.2) is 11.5 Å². The van der Waals surface area contributed by atoms with Crippen molar-refractivity contribution in [2.45, 2.75) is 11.8 Å². The average molecular weight is 493 g/mol. The maximum atomic E-state index is 12.6. The largest absolute Gasteiger partial charge is 0.493 e. The van der Waals surface area contributed by atoms with Crippen LogP contribution in [0.2, 0.25) is 0 Å². The SMILES string of the molecule is COc1cc(/C=C(\C#N)C(=O)Nc2cc([N+](=O)[O-])ccc2C)ccc1OS(=O)(=O)c1ccccc1. The number of non-ortho nitro benzene ring substituents is 1. The Morgan fingerprint density at radius 3 is 2.43 bits per heavy atom. The molecule has 0 aliphatic rings. The second kappa shape index (κ2) is 10.5. The van der Waals surface area contributed by atoms with Crippen LogP contribution in [0.5, 0.6) is 11.5 Å². The number of nitrogens with one attached hydrogen (secondary N) is 1. The third kappa shape index (κ3) is 6.01. The Bertz CT molecular complexity index is 1460. The lowest BCUT2D eigenvalue weighted by molar-refractivity contribution is -0.384. The minimum Gasteiger partial charge on any atom is -0.493 e. The van der Waals surface area contributed by atoms with Crippen LogP contribution >= 0.6 is 0 Å². The molecule has 0 saturated carbocycles. The molecule has 10 nitrogen and oxygen atoms in total. The van der Waals surface area contributed by atoms with Gasteiger partial charge in [0, 0.05) is 12.1 Å². The van der Waals surface area contributed by atoms with Gasteiger partial charge in [-0.3, -0.25) is 14.9 Å². The predicted molar refractivity (Wildman–Crippen MR) is 127 cm³/mol. The molecule has 3 aromatic rings. The molecule has 11 heteroatoms. The molecule has 3 rings (SSSR count). The maximum Gasteiger partial charge on any atom is 0.339 e. The number of rotatable bonds is 8. The van der Waals surface area contributed by atoms with Crippen molar-refractivity contribution < 1.29 is 27.1 Å². The topological polar surface area (TPSA) is 149 Å². The number of nitriles is 1. The Morgan fingerprint density at radius 2 is 1.80 bits per heavy atom. The summed E-state index contributed by atoms with van der Waals surface area (Å²) < 4.78 is 35.4. The van der Waals surface area contributed by atoms with Crippen molar-refractivity contribution in [3.05, 3.63) is 93.5 Å². The Hall–Kier alpha value is -4.69. The average Bonchev–Trinajstić information content (AvgIpc) is 2.84. The molecular formula is C24H19N3O7S. The van der Waals surface area contributed by atoms with Gasteiger partial charge in [-0.25, -0.2) is 0 Å². The van der Waals surface area contributed by atoms with Crippen molar-refractivity contribution in [3.63, 3.8) is 0 Å². The van der Waals surface area contributed by atoms with Crippen molar-refractivity contribution in [3.8, 4) is 17.6 Å². The maximum absolute atomic E-state index is 12.6. The van der Waals surface area contributed by atoms with Crippen LogP contribution in [0.3, 0.4) is 0 Å². The number of methoxy groups -OCH3 is 1. The molecule has 0 bridgehead atoms. The van der Waals surface area contributed by atoms with Gasteiger partial charge >= 0.3 is 10.1 Å². The van der Waals surface area contributed by atoms with E-state index in [1.807, 2.05) is 0 Å². The summed E-state index contributed by atoms with van der Waals surface area (Å²) in [6, 6.07) is 17.5. The Morgan fingerprint density at radius 1 is 1.09 bits per heavy atom. The second-order valence-corrected chi connectivity index (χ2v) is 8.69. The molecule has 0 atom stereocenters. The molecule has 178 valence electrons. The number of nitro groups is 1. The minimum absolute atomic E-state index is 0.0362. The highest BCUT2D eigenvalue weighted by Crippen LogP contribution is 2.31. The molecule has 3 aromatic carbocycles. The summed E-state index contributed by atoms with van der Waals surface area (Å²) in [5, 5.41) is 23.0. The fourth-order valence-corrected chi connectivity index (χ4v) is 3.92. The number of nitro benzene ring substituents is 1. The number of amides is 1. The quantitative estimate of drug-likeness (QED) is 0.161. The number of hydrogen-bond acceptors (Lipinski definition) is 8. The zero-order valence-corrected chi connectivity index (χ0v) is 19.4. The zero-order chi connectivity index (χ0) is 25.6. The summed E-state index contributed by atoms with van der Waals surface area (Å²) in [7, 11) is -2.79. The molecule has 0 spiro atoms. The van der Waals surface area contributed by atoms with Gasteiger partial charge in [-0.05, 0) is 48.4 Å². The van der Waals surface area contributed by atoms with E-state index in [0.29, 0.717) is 11.1 Å². The zero-order valence-electron chi connectivity index (χ0n) is 18.6. The van der Waals surface area contributed by atoms with Crippen LogP contribution in [0.4, 0.5) is 11.4 Å². The van der Waals surface area contributed by atoms with Crippen LogP contribution in [-0.2, 0) is 14.9 Å². The van der Waals surface area contributed by atoms with E-state index < -0.39 is 20.9 Å². The van der Waals surface area contributed by atoms with Gasteiger partial charge in [-0.15, -0.1) is 0 Å². The molecule has 0 fully saturated rings. The van der Waals surface area contributed by atoms with Gasteiger partial charge in [0.25, 0.3) is 11.6 Å². The summed E-state index contributed by atoms with van der Waals surface area (Å²) in [6.07, 6.45) is 1.26. The fourth-order valence-electron chi connectivity index (χ4n) is 2.96. The lowest BCUT2D eigenvalue weighted by Gasteiger charge is -2.11. The smallest absolute Gasteiger partial charge is 0.339 e. The van der Waals surface area contributed by atoms with E-state index in [2.05, 4.69) is 5.32 Å². The standard InChI is InChI=1S/C24H19N3O7S/c1-16-8-10-19(27(29)30)14-21(16)26-24(28)18(15-25)12-17-9-11-22(23(13-17)33-2)34-35(31,32)20-6-4-3-5-7-20/h3-14H,1-2H3,(H,26,28)/b18-12+. The normalized spacial score (nSPS) is 11.3.